The molecule has 0 radical (unpaired) electrons. The molecular weight excluding hydrogens is 370 g/mol. The molecule has 5 nitrogen and oxygen atoms in total. The molecule has 2 aromatic rings. The number of anilines is 2. The first-order chi connectivity index (χ1) is 13.6. The van der Waals surface area contributed by atoms with Gasteiger partial charge in [0.2, 0.25) is 0 Å². The summed E-state index contributed by atoms with van der Waals surface area (Å²) < 4.78 is 0. The molecule has 1 aromatic carbocycles. The topological polar surface area (TPSA) is 52.7 Å². The molecule has 0 unspecified atom stereocenters. The van der Waals surface area contributed by atoms with Crippen molar-refractivity contribution < 1.29 is 9.59 Å². The Morgan fingerprint density at radius 2 is 1.79 bits per heavy atom. The largest absolute Gasteiger partial charge is 0.372 e. The van der Waals surface area contributed by atoms with Crippen LogP contribution >= 0.6 is 11.3 Å². The lowest BCUT2D eigenvalue weighted by Gasteiger charge is -2.32. The van der Waals surface area contributed by atoms with Gasteiger partial charge in [-0.1, -0.05) is 13.0 Å². The van der Waals surface area contributed by atoms with Gasteiger partial charge in [-0.3, -0.25) is 14.5 Å². The van der Waals surface area contributed by atoms with Crippen LogP contribution in [0.15, 0.2) is 47.5 Å². The van der Waals surface area contributed by atoms with Crippen LogP contribution in [0.25, 0.3) is 5.57 Å². The zero-order valence-corrected chi connectivity index (χ0v) is 17.1. The molecule has 1 saturated heterocycles. The minimum Gasteiger partial charge on any atom is -0.372 e. The molecule has 4 rings (SSSR count). The lowest BCUT2D eigenvalue weighted by Crippen LogP contribution is -2.32. The third kappa shape index (κ3) is 3.44. The zero-order chi connectivity index (χ0) is 19.7. The molecule has 2 amide bonds. The fourth-order valence-electron chi connectivity index (χ4n) is 3.80. The smallest absolute Gasteiger partial charge is 0.278 e. The predicted molar refractivity (Wildman–Crippen MR) is 114 cm³/mol. The van der Waals surface area contributed by atoms with Crippen molar-refractivity contribution in [3.05, 3.63) is 52.4 Å². The molecule has 0 spiro atoms. The summed E-state index contributed by atoms with van der Waals surface area (Å²) in [5.41, 5.74) is 2.86. The summed E-state index contributed by atoms with van der Waals surface area (Å²) in [6, 6.07) is 11.9. The Morgan fingerprint density at radius 1 is 1.07 bits per heavy atom. The quantitative estimate of drug-likeness (QED) is 0.771. The number of carbonyl (C=O) groups is 2. The molecule has 0 atom stereocenters. The van der Waals surface area contributed by atoms with E-state index in [2.05, 4.69) is 29.3 Å². The average Bonchev–Trinajstić information content (AvgIpc) is 3.30. The number of hydrogen-bond donors (Lipinski definition) is 1. The fraction of sp³-hybridized carbons (Fsp3) is 0.364. The number of amides is 2. The summed E-state index contributed by atoms with van der Waals surface area (Å²) in [5, 5.41) is 5.13. The third-order valence-corrected chi connectivity index (χ3v) is 6.42. The van der Waals surface area contributed by atoms with Gasteiger partial charge >= 0.3 is 0 Å². The van der Waals surface area contributed by atoms with Gasteiger partial charge in [0.05, 0.1) is 5.57 Å². The van der Waals surface area contributed by atoms with Gasteiger partial charge < -0.3 is 10.2 Å². The molecule has 1 aromatic heterocycles. The van der Waals surface area contributed by atoms with Crippen molar-refractivity contribution >= 4 is 40.1 Å². The van der Waals surface area contributed by atoms with Crippen LogP contribution in [0.3, 0.4) is 0 Å². The molecule has 2 aliphatic heterocycles. The molecule has 3 heterocycles. The maximum absolute atomic E-state index is 12.8. The Hall–Kier alpha value is -2.60. The summed E-state index contributed by atoms with van der Waals surface area (Å²) in [6.45, 7) is 6.66. The highest BCUT2D eigenvalue weighted by Crippen LogP contribution is 2.33. The van der Waals surface area contributed by atoms with Gasteiger partial charge in [-0.25, -0.2) is 0 Å². The summed E-state index contributed by atoms with van der Waals surface area (Å²) in [7, 11) is 0. The molecule has 0 aliphatic carbocycles. The van der Waals surface area contributed by atoms with Crippen molar-refractivity contribution in [1.29, 1.82) is 0 Å². The first-order valence-electron chi connectivity index (χ1n) is 9.85. The van der Waals surface area contributed by atoms with Gasteiger partial charge in [-0.05, 0) is 61.4 Å². The van der Waals surface area contributed by atoms with E-state index in [-0.39, 0.29) is 11.8 Å². The molecule has 6 heteroatoms. The second kappa shape index (κ2) is 7.80. The number of nitrogens with one attached hydrogen (secondary N) is 1. The highest BCUT2D eigenvalue weighted by atomic mass is 32.1. The van der Waals surface area contributed by atoms with E-state index in [0.29, 0.717) is 17.8 Å². The van der Waals surface area contributed by atoms with Crippen LogP contribution in [0.2, 0.25) is 0 Å². The first-order valence-corrected chi connectivity index (χ1v) is 10.7. The normalized spacial score (nSPS) is 18.4. The molecule has 0 bridgehead atoms. The van der Waals surface area contributed by atoms with Gasteiger partial charge in [0.15, 0.2) is 0 Å². The van der Waals surface area contributed by atoms with E-state index >= 15 is 0 Å². The van der Waals surface area contributed by atoms with Crippen molar-refractivity contribution in [2.24, 2.45) is 5.92 Å². The van der Waals surface area contributed by atoms with Gasteiger partial charge in [0.25, 0.3) is 11.8 Å². The highest BCUT2D eigenvalue weighted by Gasteiger charge is 2.38. The van der Waals surface area contributed by atoms with Crippen LogP contribution in [-0.2, 0) is 9.59 Å². The molecule has 1 N–H and O–H groups in total. The molecule has 146 valence electrons. The van der Waals surface area contributed by atoms with Crippen LogP contribution < -0.4 is 10.2 Å². The fourth-order valence-corrected chi connectivity index (χ4v) is 4.56. The van der Waals surface area contributed by atoms with E-state index in [4.69, 9.17) is 0 Å². The van der Waals surface area contributed by atoms with Gasteiger partial charge in [0.1, 0.15) is 5.70 Å². The molecule has 1 fully saturated rings. The number of benzene rings is 1. The minimum absolute atomic E-state index is 0.225. The Balaban J connectivity index is 1.58. The Morgan fingerprint density at radius 3 is 2.39 bits per heavy atom. The molecular formula is C22H25N3O2S. The number of likely N-dealkylation sites (N-methyl/N-ethyl adjacent to an activating group) is 1. The van der Waals surface area contributed by atoms with E-state index in [0.717, 1.165) is 29.6 Å². The Kier molecular flexibility index (Phi) is 5.22. The van der Waals surface area contributed by atoms with E-state index in [1.165, 1.54) is 34.8 Å². The van der Waals surface area contributed by atoms with E-state index in [1.807, 2.05) is 36.6 Å². The number of carbonyl (C=O) groups excluding carboxylic acids is 2. The van der Waals surface area contributed by atoms with Crippen LogP contribution in [0.5, 0.6) is 0 Å². The Labute approximate surface area is 169 Å². The standard InChI is InChI=1S/C22H25N3O2S/c1-3-25-21(26)19(18-5-4-14-28-18)20(22(25)27)23-16-6-8-17(9-7-16)24-12-10-15(2)11-13-24/h4-9,14-15,23H,3,10-13H2,1-2H3. The second-order valence-corrected chi connectivity index (χ2v) is 8.37. The van der Waals surface area contributed by atoms with Crippen molar-refractivity contribution in [2.45, 2.75) is 26.7 Å². The van der Waals surface area contributed by atoms with E-state index in [9.17, 15) is 9.59 Å². The summed E-state index contributed by atoms with van der Waals surface area (Å²) >= 11 is 1.47. The molecule has 28 heavy (non-hydrogen) atoms. The minimum atomic E-state index is -0.259. The first kappa shape index (κ1) is 18.7. The van der Waals surface area contributed by atoms with Crippen molar-refractivity contribution in [3.63, 3.8) is 0 Å². The average molecular weight is 396 g/mol. The number of imide groups is 1. The maximum Gasteiger partial charge on any atom is 0.278 e. The monoisotopic (exact) mass is 395 g/mol. The van der Waals surface area contributed by atoms with Gasteiger partial charge in [-0.15, -0.1) is 11.3 Å². The predicted octanol–water partition coefficient (Wildman–Crippen LogP) is 4.20. The Bertz CT molecular complexity index is 894. The van der Waals surface area contributed by atoms with Crippen molar-refractivity contribution in [3.8, 4) is 0 Å². The second-order valence-electron chi connectivity index (χ2n) is 7.42. The highest BCUT2D eigenvalue weighted by molar-refractivity contribution is 7.11. The van der Waals surface area contributed by atoms with Crippen LogP contribution in [-0.4, -0.2) is 36.3 Å². The summed E-state index contributed by atoms with van der Waals surface area (Å²) in [4.78, 5) is 30.0. The van der Waals surface area contributed by atoms with Crippen LogP contribution in [0, 0.1) is 5.92 Å². The maximum atomic E-state index is 12.8. The van der Waals surface area contributed by atoms with E-state index < -0.39 is 0 Å². The number of thiophene rings is 1. The third-order valence-electron chi connectivity index (χ3n) is 5.54. The molecule has 2 aliphatic rings. The SMILES string of the molecule is CCN1C(=O)C(Nc2ccc(N3CCC(C)CC3)cc2)=C(c2cccs2)C1=O. The summed E-state index contributed by atoms with van der Waals surface area (Å²) in [5.74, 6) is 0.314. The van der Waals surface area contributed by atoms with Gasteiger partial charge in [-0.2, -0.15) is 0 Å². The number of rotatable bonds is 5. The number of nitrogens with zero attached hydrogens (tertiary/aromatic N) is 2. The van der Waals surface area contributed by atoms with Crippen LogP contribution in [0.4, 0.5) is 11.4 Å². The van der Waals surface area contributed by atoms with Gasteiger partial charge in [0, 0.05) is 35.9 Å². The lowest BCUT2D eigenvalue weighted by molar-refractivity contribution is -0.136. The van der Waals surface area contributed by atoms with Crippen molar-refractivity contribution in [1.82, 2.24) is 4.90 Å². The zero-order valence-electron chi connectivity index (χ0n) is 16.3. The summed E-state index contributed by atoms with van der Waals surface area (Å²) in [6.07, 6.45) is 2.45. The lowest BCUT2D eigenvalue weighted by atomic mass is 9.99. The molecule has 0 saturated carbocycles. The number of hydrogen-bond acceptors (Lipinski definition) is 5. The van der Waals surface area contributed by atoms with Crippen LogP contribution in [0.1, 0.15) is 31.6 Å². The van der Waals surface area contributed by atoms with Crippen molar-refractivity contribution in [2.75, 3.05) is 29.9 Å². The number of piperidine rings is 1. The van der Waals surface area contributed by atoms with E-state index in [1.54, 1.807) is 0 Å².